The highest BCUT2D eigenvalue weighted by atomic mass is 16.5. The molecular formula is C12H13N3O3. The summed E-state index contributed by atoms with van der Waals surface area (Å²) in [6.45, 7) is 1.44. The summed E-state index contributed by atoms with van der Waals surface area (Å²) in [5.74, 6) is -0.973. The Bertz CT molecular complexity index is 587. The van der Waals surface area contributed by atoms with Crippen LogP contribution in [0.2, 0.25) is 0 Å². The SMILES string of the molecule is O=C(O)c1cncc2c1cnn2C1CCOCC1. The molecule has 2 aromatic heterocycles. The Morgan fingerprint density at radius 3 is 2.83 bits per heavy atom. The molecule has 1 saturated heterocycles. The minimum absolute atomic E-state index is 0.200. The fraction of sp³-hybridized carbons (Fsp3) is 0.417. The molecule has 0 aromatic carbocycles. The third-order valence-electron chi connectivity index (χ3n) is 3.29. The molecule has 2 aromatic rings. The van der Waals surface area contributed by atoms with Crippen molar-refractivity contribution in [1.29, 1.82) is 0 Å². The van der Waals surface area contributed by atoms with Gasteiger partial charge in [-0.15, -0.1) is 0 Å². The number of carboxylic acid groups (broad SMARTS) is 1. The van der Waals surface area contributed by atoms with Crippen LogP contribution in [0.25, 0.3) is 10.9 Å². The number of fused-ring (bicyclic) bond motifs is 1. The van der Waals surface area contributed by atoms with Crippen LogP contribution >= 0.6 is 0 Å². The van der Waals surface area contributed by atoms with Gasteiger partial charge in [0, 0.05) is 24.8 Å². The molecule has 94 valence electrons. The monoisotopic (exact) mass is 247 g/mol. The Kier molecular flexibility index (Phi) is 2.71. The summed E-state index contributed by atoms with van der Waals surface area (Å²) in [5, 5.41) is 14.1. The molecule has 1 aliphatic rings. The molecule has 0 aliphatic carbocycles. The Morgan fingerprint density at radius 2 is 2.11 bits per heavy atom. The van der Waals surface area contributed by atoms with E-state index in [4.69, 9.17) is 9.84 Å². The molecule has 0 saturated carbocycles. The molecule has 1 aliphatic heterocycles. The molecule has 0 radical (unpaired) electrons. The molecule has 18 heavy (non-hydrogen) atoms. The zero-order valence-electron chi connectivity index (χ0n) is 9.74. The van der Waals surface area contributed by atoms with Crippen molar-refractivity contribution in [2.75, 3.05) is 13.2 Å². The van der Waals surface area contributed by atoms with Crippen LogP contribution in [-0.2, 0) is 4.74 Å². The summed E-state index contributed by atoms with van der Waals surface area (Å²) in [6.07, 6.45) is 6.43. The number of carbonyl (C=O) groups is 1. The van der Waals surface area contributed by atoms with Gasteiger partial charge in [0.2, 0.25) is 0 Å². The maximum atomic E-state index is 11.1. The number of aromatic carboxylic acids is 1. The van der Waals surface area contributed by atoms with Crippen LogP contribution in [-0.4, -0.2) is 39.1 Å². The van der Waals surface area contributed by atoms with Crippen molar-refractivity contribution >= 4 is 16.9 Å². The Hall–Kier alpha value is -1.95. The fourth-order valence-corrected chi connectivity index (χ4v) is 2.35. The summed E-state index contributed by atoms with van der Waals surface area (Å²) < 4.78 is 7.19. The first-order valence-corrected chi connectivity index (χ1v) is 5.89. The van der Waals surface area contributed by atoms with E-state index in [1.54, 1.807) is 12.4 Å². The second-order valence-electron chi connectivity index (χ2n) is 4.36. The minimum Gasteiger partial charge on any atom is -0.478 e. The highest BCUT2D eigenvalue weighted by Crippen LogP contribution is 2.26. The van der Waals surface area contributed by atoms with Gasteiger partial charge in [-0.05, 0) is 12.8 Å². The summed E-state index contributed by atoms with van der Waals surface area (Å²) in [7, 11) is 0. The number of carboxylic acids is 1. The maximum absolute atomic E-state index is 11.1. The first kappa shape index (κ1) is 11.2. The quantitative estimate of drug-likeness (QED) is 0.869. The number of ether oxygens (including phenoxy) is 1. The third-order valence-corrected chi connectivity index (χ3v) is 3.29. The molecule has 1 N–H and O–H groups in total. The van der Waals surface area contributed by atoms with Gasteiger partial charge in [-0.1, -0.05) is 0 Å². The van der Waals surface area contributed by atoms with Gasteiger partial charge in [0.05, 0.1) is 29.5 Å². The average molecular weight is 247 g/mol. The molecule has 0 atom stereocenters. The lowest BCUT2D eigenvalue weighted by Gasteiger charge is -2.22. The van der Waals surface area contributed by atoms with Gasteiger partial charge in [0.15, 0.2) is 0 Å². The van der Waals surface area contributed by atoms with E-state index in [1.807, 2.05) is 4.68 Å². The molecule has 0 bridgehead atoms. The van der Waals surface area contributed by atoms with Crippen molar-refractivity contribution in [2.24, 2.45) is 0 Å². The van der Waals surface area contributed by atoms with Gasteiger partial charge in [-0.3, -0.25) is 9.67 Å². The highest BCUT2D eigenvalue weighted by molar-refractivity contribution is 6.01. The molecule has 1 fully saturated rings. The topological polar surface area (TPSA) is 77.2 Å². The van der Waals surface area contributed by atoms with E-state index in [-0.39, 0.29) is 11.6 Å². The Balaban J connectivity index is 2.08. The van der Waals surface area contributed by atoms with E-state index >= 15 is 0 Å². The molecule has 3 heterocycles. The van der Waals surface area contributed by atoms with Gasteiger partial charge in [-0.2, -0.15) is 5.10 Å². The van der Waals surface area contributed by atoms with Gasteiger partial charge >= 0.3 is 5.97 Å². The first-order valence-electron chi connectivity index (χ1n) is 5.89. The highest BCUT2D eigenvalue weighted by Gasteiger charge is 2.20. The van der Waals surface area contributed by atoms with Crippen LogP contribution in [0, 0.1) is 0 Å². The second-order valence-corrected chi connectivity index (χ2v) is 4.36. The van der Waals surface area contributed by atoms with Crippen molar-refractivity contribution in [3.63, 3.8) is 0 Å². The van der Waals surface area contributed by atoms with Crippen LogP contribution < -0.4 is 0 Å². The van der Waals surface area contributed by atoms with E-state index in [9.17, 15) is 4.79 Å². The van der Waals surface area contributed by atoms with Gasteiger partial charge in [-0.25, -0.2) is 4.79 Å². The zero-order chi connectivity index (χ0) is 12.5. The molecule has 6 nitrogen and oxygen atoms in total. The summed E-state index contributed by atoms with van der Waals surface area (Å²) in [4.78, 5) is 15.1. The largest absolute Gasteiger partial charge is 0.478 e. The molecule has 0 amide bonds. The van der Waals surface area contributed by atoms with E-state index in [2.05, 4.69) is 10.1 Å². The summed E-state index contributed by atoms with van der Waals surface area (Å²) >= 11 is 0. The summed E-state index contributed by atoms with van der Waals surface area (Å²) in [5.41, 5.74) is 0.979. The van der Waals surface area contributed by atoms with Crippen molar-refractivity contribution < 1.29 is 14.6 Å². The fourth-order valence-electron chi connectivity index (χ4n) is 2.35. The number of hydrogen-bond donors (Lipinski definition) is 1. The van der Waals surface area contributed by atoms with Crippen LogP contribution in [0.4, 0.5) is 0 Å². The number of aromatic nitrogens is 3. The Labute approximate surface area is 103 Å². The van der Waals surface area contributed by atoms with E-state index in [0.717, 1.165) is 31.6 Å². The van der Waals surface area contributed by atoms with Gasteiger partial charge in [0.1, 0.15) is 0 Å². The normalized spacial score (nSPS) is 17.1. The van der Waals surface area contributed by atoms with Crippen LogP contribution in [0.3, 0.4) is 0 Å². The number of pyridine rings is 1. The van der Waals surface area contributed by atoms with Gasteiger partial charge in [0.25, 0.3) is 0 Å². The van der Waals surface area contributed by atoms with Crippen molar-refractivity contribution in [3.05, 3.63) is 24.2 Å². The number of rotatable bonds is 2. The second kappa shape index (κ2) is 4.38. The van der Waals surface area contributed by atoms with Crippen molar-refractivity contribution in [1.82, 2.24) is 14.8 Å². The van der Waals surface area contributed by atoms with Crippen LogP contribution in [0.1, 0.15) is 29.2 Å². The first-order chi connectivity index (χ1) is 8.77. The number of nitrogens with zero attached hydrogens (tertiary/aromatic N) is 3. The van der Waals surface area contributed by atoms with E-state index in [1.165, 1.54) is 6.20 Å². The minimum atomic E-state index is -0.973. The lowest BCUT2D eigenvalue weighted by atomic mass is 10.1. The number of hydrogen-bond acceptors (Lipinski definition) is 4. The average Bonchev–Trinajstić information content (AvgIpc) is 2.83. The molecular weight excluding hydrogens is 234 g/mol. The lowest BCUT2D eigenvalue weighted by molar-refractivity contribution is 0.0673. The molecule has 0 unspecified atom stereocenters. The zero-order valence-corrected chi connectivity index (χ0v) is 9.74. The maximum Gasteiger partial charge on any atom is 0.338 e. The Morgan fingerprint density at radius 1 is 1.33 bits per heavy atom. The van der Waals surface area contributed by atoms with Crippen LogP contribution in [0.5, 0.6) is 0 Å². The predicted octanol–water partition coefficient (Wildman–Crippen LogP) is 1.48. The third kappa shape index (κ3) is 1.74. The lowest BCUT2D eigenvalue weighted by Crippen LogP contribution is -2.20. The van der Waals surface area contributed by atoms with E-state index in [0.29, 0.717) is 5.39 Å². The van der Waals surface area contributed by atoms with Crippen molar-refractivity contribution in [2.45, 2.75) is 18.9 Å². The van der Waals surface area contributed by atoms with Crippen LogP contribution in [0.15, 0.2) is 18.6 Å². The standard InChI is InChI=1S/C12H13N3O3/c16-12(17)10-5-13-7-11-9(10)6-14-15(11)8-1-3-18-4-2-8/h5-8H,1-4H2,(H,16,17). The molecule has 3 rings (SSSR count). The molecule has 0 spiro atoms. The predicted molar refractivity (Wildman–Crippen MR) is 63.6 cm³/mol. The van der Waals surface area contributed by atoms with E-state index < -0.39 is 5.97 Å². The smallest absolute Gasteiger partial charge is 0.338 e. The van der Waals surface area contributed by atoms with Gasteiger partial charge < -0.3 is 9.84 Å². The molecule has 6 heteroatoms. The summed E-state index contributed by atoms with van der Waals surface area (Å²) in [6, 6.07) is 0.266. The van der Waals surface area contributed by atoms with Crippen molar-refractivity contribution in [3.8, 4) is 0 Å².